The van der Waals surface area contributed by atoms with Crippen molar-refractivity contribution in [2.45, 2.75) is 27.7 Å². The van der Waals surface area contributed by atoms with Gasteiger partial charge in [0.1, 0.15) is 11.0 Å². The molecule has 0 aliphatic rings. The molecule has 7 nitrogen and oxygen atoms in total. The number of rotatable bonds is 6. The standard InChI is InChI=1S/C26H26Cl2N6OS/c1-5-33(6-2)18-8-10-24(16(4)11-18)34-31-22-12-15(3)21(14-23(22)32-34)29-26(36)30-25(35)19-13-17(27)7-9-20(19)28/h7-14H,5-6H2,1-4H3,(H2,29,30,35,36). The number of halogens is 2. The van der Waals surface area contributed by atoms with Crippen LogP contribution in [-0.4, -0.2) is 39.1 Å². The van der Waals surface area contributed by atoms with Crippen LogP contribution in [0.15, 0.2) is 48.5 Å². The third-order valence-electron chi connectivity index (χ3n) is 5.90. The van der Waals surface area contributed by atoms with E-state index in [1.807, 2.05) is 25.1 Å². The molecule has 36 heavy (non-hydrogen) atoms. The zero-order chi connectivity index (χ0) is 26.0. The van der Waals surface area contributed by atoms with Gasteiger partial charge in [0.05, 0.1) is 16.3 Å². The molecule has 0 atom stereocenters. The van der Waals surface area contributed by atoms with Crippen molar-refractivity contribution in [2.24, 2.45) is 0 Å². The Labute approximate surface area is 225 Å². The minimum Gasteiger partial charge on any atom is -0.372 e. The molecule has 0 saturated carbocycles. The Morgan fingerprint density at radius 3 is 2.33 bits per heavy atom. The van der Waals surface area contributed by atoms with Crippen LogP contribution in [0, 0.1) is 13.8 Å². The van der Waals surface area contributed by atoms with E-state index in [1.54, 1.807) is 16.9 Å². The van der Waals surface area contributed by atoms with Crippen LogP contribution in [0.25, 0.3) is 16.7 Å². The van der Waals surface area contributed by atoms with Gasteiger partial charge in [-0.25, -0.2) is 0 Å². The number of hydrogen-bond donors (Lipinski definition) is 2. The molecule has 0 aliphatic heterocycles. The summed E-state index contributed by atoms with van der Waals surface area (Å²) in [7, 11) is 0. The van der Waals surface area contributed by atoms with Gasteiger partial charge in [0.25, 0.3) is 5.91 Å². The number of amides is 1. The third kappa shape index (κ3) is 5.46. The molecule has 0 saturated heterocycles. The Morgan fingerprint density at radius 2 is 1.67 bits per heavy atom. The third-order valence-corrected chi connectivity index (χ3v) is 6.67. The van der Waals surface area contributed by atoms with Gasteiger partial charge in [-0.05, 0) is 99.6 Å². The first kappa shape index (κ1) is 25.9. The molecule has 1 heterocycles. The average molecular weight is 542 g/mol. The zero-order valence-corrected chi connectivity index (χ0v) is 22.7. The summed E-state index contributed by atoms with van der Waals surface area (Å²) in [6, 6.07) is 14.8. The van der Waals surface area contributed by atoms with Crippen LogP contribution in [0.5, 0.6) is 0 Å². The Morgan fingerprint density at radius 1 is 0.972 bits per heavy atom. The van der Waals surface area contributed by atoms with Crippen LogP contribution in [0.2, 0.25) is 10.0 Å². The number of benzene rings is 3. The number of hydrogen-bond acceptors (Lipinski definition) is 5. The number of aromatic nitrogens is 3. The number of aryl methyl sites for hydroxylation is 2. The quantitative estimate of drug-likeness (QED) is 0.279. The fraction of sp³-hybridized carbons (Fsp3) is 0.231. The van der Waals surface area contributed by atoms with E-state index in [2.05, 4.69) is 58.6 Å². The zero-order valence-electron chi connectivity index (χ0n) is 20.4. The Balaban J connectivity index is 1.55. The van der Waals surface area contributed by atoms with Crippen LogP contribution >= 0.6 is 35.4 Å². The van der Waals surface area contributed by atoms with E-state index in [0.29, 0.717) is 16.2 Å². The molecule has 0 radical (unpaired) electrons. The Bertz CT molecular complexity index is 1460. The van der Waals surface area contributed by atoms with Crippen LogP contribution in [0.4, 0.5) is 11.4 Å². The van der Waals surface area contributed by atoms with Crippen molar-refractivity contribution in [1.29, 1.82) is 0 Å². The summed E-state index contributed by atoms with van der Waals surface area (Å²) in [4.78, 5) is 16.5. The largest absolute Gasteiger partial charge is 0.372 e. The van der Waals surface area contributed by atoms with Gasteiger partial charge in [0.2, 0.25) is 0 Å². The first-order valence-electron chi connectivity index (χ1n) is 11.5. The summed E-state index contributed by atoms with van der Waals surface area (Å²) in [6.45, 7) is 10.2. The predicted molar refractivity (Wildman–Crippen MR) is 152 cm³/mol. The molecular formula is C26H26Cl2N6OS. The van der Waals surface area contributed by atoms with Crippen molar-refractivity contribution in [3.05, 3.63) is 75.3 Å². The highest BCUT2D eigenvalue weighted by atomic mass is 35.5. The van der Waals surface area contributed by atoms with Gasteiger partial charge in [-0.2, -0.15) is 4.80 Å². The first-order valence-corrected chi connectivity index (χ1v) is 12.7. The van der Waals surface area contributed by atoms with Crippen molar-refractivity contribution in [2.75, 3.05) is 23.3 Å². The second kappa shape index (κ2) is 10.8. The minimum atomic E-state index is -0.451. The van der Waals surface area contributed by atoms with Gasteiger partial charge in [-0.1, -0.05) is 23.2 Å². The highest BCUT2D eigenvalue weighted by molar-refractivity contribution is 7.80. The molecule has 2 N–H and O–H groups in total. The topological polar surface area (TPSA) is 75.1 Å². The molecule has 10 heteroatoms. The lowest BCUT2D eigenvalue weighted by molar-refractivity contribution is 0.0978. The SMILES string of the molecule is CCN(CC)c1ccc(-n2nc3cc(C)c(NC(=S)NC(=O)c4cc(Cl)ccc4Cl)cc3n2)c(C)c1. The summed E-state index contributed by atoms with van der Waals surface area (Å²) in [5, 5.41) is 15.9. The van der Waals surface area contributed by atoms with Gasteiger partial charge in [-0.3, -0.25) is 10.1 Å². The van der Waals surface area contributed by atoms with Gasteiger partial charge >= 0.3 is 0 Å². The van der Waals surface area contributed by atoms with Crippen molar-refractivity contribution in [3.8, 4) is 5.69 Å². The molecule has 0 fully saturated rings. The van der Waals surface area contributed by atoms with Crippen molar-refractivity contribution in [1.82, 2.24) is 20.3 Å². The number of fused-ring (bicyclic) bond motifs is 1. The smallest absolute Gasteiger partial charge is 0.258 e. The lowest BCUT2D eigenvalue weighted by atomic mass is 10.1. The van der Waals surface area contributed by atoms with Crippen LogP contribution in [0.1, 0.15) is 35.3 Å². The summed E-state index contributed by atoms with van der Waals surface area (Å²) in [6.07, 6.45) is 0. The van der Waals surface area contributed by atoms with Gasteiger partial charge < -0.3 is 10.2 Å². The summed E-state index contributed by atoms with van der Waals surface area (Å²) < 4.78 is 0. The molecule has 0 aliphatic carbocycles. The number of carbonyl (C=O) groups excluding carboxylic acids is 1. The Hall–Kier alpha value is -3.20. The molecular weight excluding hydrogens is 515 g/mol. The molecule has 0 bridgehead atoms. The monoisotopic (exact) mass is 540 g/mol. The number of anilines is 2. The molecule has 0 spiro atoms. The fourth-order valence-electron chi connectivity index (χ4n) is 3.96. The molecule has 186 valence electrons. The maximum atomic E-state index is 12.6. The lowest BCUT2D eigenvalue weighted by Gasteiger charge is -2.22. The van der Waals surface area contributed by atoms with Crippen molar-refractivity contribution < 1.29 is 4.79 Å². The fourth-order valence-corrected chi connectivity index (χ4v) is 4.53. The highest BCUT2D eigenvalue weighted by Crippen LogP contribution is 2.25. The van der Waals surface area contributed by atoms with Gasteiger partial charge in [0, 0.05) is 29.5 Å². The molecule has 1 amide bonds. The molecule has 4 aromatic rings. The van der Waals surface area contributed by atoms with E-state index >= 15 is 0 Å². The van der Waals surface area contributed by atoms with E-state index in [1.165, 1.54) is 11.8 Å². The summed E-state index contributed by atoms with van der Waals surface area (Å²) in [5.41, 5.74) is 6.48. The van der Waals surface area contributed by atoms with E-state index in [4.69, 9.17) is 35.4 Å². The predicted octanol–water partition coefficient (Wildman–Crippen LogP) is 6.32. The van der Waals surface area contributed by atoms with Crippen LogP contribution in [-0.2, 0) is 0 Å². The second-order valence-electron chi connectivity index (χ2n) is 8.32. The van der Waals surface area contributed by atoms with E-state index in [-0.39, 0.29) is 15.7 Å². The maximum absolute atomic E-state index is 12.6. The normalized spacial score (nSPS) is 10.9. The summed E-state index contributed by atoms with van der Waals surface area (Å²) >= 11 is 17.5. The summed E-state index contributed by atoms with van der Waals surface area (Å²) in [5.74, 6) is -0.451. The Kier molecular flexibility index (Phi) is 7.78. The second-order valence-corrected chi connectivity index (χ2v) is 9.57. The van der Waals surface area contributed by atoms with E-state index in [0.717, 1.165) is 35.4 Å². The molecule has 3 aromatic carbocycles. The average Bonchev–Trinajstić information content (AvgIpc) is 3.23. The van der Waals surface area contributed by atoms with Crippen molar-refractivity contribution in [3.63, 3.8) is 0 Å². The van der Waals surface area contributed by atoms with Crippen molar-refractivity contribution >= 4 is 68.8 Å². The maximum Gasteiger partial charge on any atom is 0.258 e. The number of nitrogens with zero attached hydrogens (tertiary/aromatic N) is 4. The molecule has 1 aromatic heterocycles. The minimum absolute atomic E-state index is 0.133. The van der Waals surface area contributed by atoms with Gasteiger partial charge in [0.15, 0.2) is 5.11 Å². The number of thiocarbonyl (C=S) groups is 1. The van der Waals surface area contributed by atoms with E-state index < -0.39 is 5.91 Å². The lowest BCUT2D eigenvalue weighted by Crippen LogP contribution is -2.34. The molecule has 4 rings (SSSR count). The first-order chi connectivity index (χ1) is 17.2. The number of carbonyl (C=O) groups is 1. The van der Waals surface area contributed by atoms with Gasteiger partial charge in [-0.15, -0.1) is 10.2 Å². The molecule has 0 unspecified atom stereocenters. The highest BCUT2D eigenvalue weighted by Gasteiger charge is 2.15. The van der Waals surface area contributed by atoms with E-state index in [9.17, 15) is 4.79 Å². The van der Waals surface area contributed by atoms with Crippen LogP contribution < -0.4 is 15.5 Å². The number of nitrogens with one attached hydrogen (secondary N) is 2. The van der Waals surface area contributed by atoms with Crippen LogP contribution in [0.3, 0.4) is 0 Å².